The smallest absolute Gasteiger partial charge is 0.165 e. The molecule has 3 heteroatoms. The molecule has 0 bridgehead atoms. The van der Waals surface area contributed by atoms with Crippen molar-refractivity contribution in [2.45, 2.75) is 40.2 Å². The summed E-state index contributed by atoms with van der Waals surface area (Å²) in [4.78, 5) is 16.5. The lowest BCUT2D eigenvalue weighted by Crippen LogP contribution is -2.28. The summed E-state index contributed by atoms with van der Waals surface area (Å²) >= 11 is 0. The Morgan fingerprint density at radius 2 is 2.05 bits per heavy atom. The molecule has 1 aliphatic carbocycles. The summed E-state index contributed by atoms with van der Waals surface area (Å²) in [5.74, 6) is 0.275. The number of carbonyl (C=O) groups is 1. The molecular formula is C17H20N2O. The zero-order valence-electron chi connectivity index (χ0n) is 12.3. The molecule has 2 aromatic heterocycles. The highest BCUT2D eigenvalue weighted by Crippen LogP contribution is 2.35. The molecule has 2 aromatic rings. The third kappa shape index (κ3) is 2.40. The number of pyridine rings is 1. The van der Waals surface area contributed by atoms with Gasteiger partial charge in [0.1, 0.15) is 0 Å². The molecule has 0 saturated carbocycles. The molecule has 1 aliphatic rings. The van der Waals surface area contributed by atoms with Crippen LogP contribution in [-0.2, 0) is 13.0 Å². The summed E-state index contributed by atoms with van der Waals surface area (Å²) in [7, 11) is 0. The fraction of sp³-hybridized carbons (Fsp3) is 0.412. The van der Waals surface area contributed by atoms with Crippen LogP contribution in [0.1, 0.15) is 47.6 Å². The number of rotatable bonds is 2. The van der Waals surface area contributed by atoms with Gasteiger partial charge in [-0.15, -0.1) is 0 Å². The van der Waals surface area contributed by atoms with Crippen LogP contribution in [0, 0.1) is 12.3 Å². The highest BCUT2D eigenvalue weighted by Gasteiger charge is 2.32. The molecule has 0 unspecified atom stereocenters. The van der Waals surface area contributed by atoms with Crippen molar-refractivity contribution in [2.75, 3.05) is 0 Å². The van der Waals surface area contributed by atoms with Crippen LogP contribution in [0.2, 0.25) is 0 Å². The topological polar surface area (TPSA) is 34.9 Å². The maximum absolute atomic E-state index is 12.2. The minimum absolute atomic E-state index is 0.0612. The van der Waals surface area contributed by atoms with E-state index in [1.165, 1.54) is 11.3 Å². The van der Waals surface area contributed by atoms with Crippen molar-refractivity contribution in [1.29, 1.82) is 0 Å². The van der Waals surface area contributed by atoms with Gasteiger partial charge in [0.25, 0.3) is 0 Å². The number of nitrogens with zero attached hydrogens (tertiary/aromatic N) is 2. The molecule has 104 valence electrons. The van der Waals surface area contributed by atoms with E-state index in [9.17, 15) is 4.79 Å². The van der Waals surface area contributed by atoms with E-state index in [-0.39, 0.29) is 11.2 Å². The second-order valence-electron chi connectivity index (χ2n) is 6.55. The van der Waals surface area contributed by atoms with Crippen LogP contribution in [0.15, 0.2) is 30.6 Å². The van der Waals surface area contributed by atoms with Crippen LogP contribution in [0.5, 0.6) is 0 Å². The summed E-state index contributed by atoms with van der Waals surface area (Å²) in [6, 6.07) is 6.10. The van der Waals surface area contributed by atoms with Crippen LogP contribution in [0.3, 0.4) is 0 Å². The molecule has 0 N–H and O–H groups in total. The van der Waals surface area contributed by atoms with Gasteiger partial charge in [-0.1, -0.05) is 19.9 Å². The number of aryl methyl sites for hydroxylation is 1. The fourth-order valence-electron chi connectivity index (χ4n) is 2.94. The Balaban J connectivity index is 1.93. The maximum atomic E-state index is 12.2. The number of ketones is 1. The van der Waals surface area contributed by atoms with Crippen molar-refractivity contribution in [3.05, 3.63) is 53.1 Å². The minimum Gasteiger partial charge on any atom is -0.346 e. The van der Waals surface area contributed by atoms with E-state index in [2.05, 4.69) is 29.5 Å². The zero-order valence-corrected chi connectivity index (χ0v) is 12.3. The first-order valence-electron chi connectivity index (χ1n) is 7.07. The first kappa shape index (κ1) is 13.1. The minimum atomic E-state index is 0.0612. The molecular weight excluding hydrogens is 248 g/mol. The summed E-state index contributed by atoms with van der Waals surface area (Å²) < 4.78 is 2.19. The van der Waals surface area contributed by atoms with E-state index in [1.54, 1.807) is 0 Å². The summed E-state index contributed by atoms with van der Waals surface area (Å²) in [5, 5.41) is 0. The Bertz CT molecular complexity index is 650. The summed E-state index contributed by atoms with van der Waals surface area (Å²) in [6.07, 6.45) is 5.55. The van der Waals surface area contributed by atoms with E-state index < -0.39 is 0 Å². The van der Waals surface area contributed by atoms with Gasteiger partial charge in [0.15, 0.2) is 5.78 Å². The standard InChI is InChI=1S/C17H20N2O/c1-12-4-5-13(10-18-12)11-19-7-6-14-15(19)8-17(2,3)9-16(14)20/h4-7,10H,8-9,11H2,1-3H3. The van der Waals surface area contributed by atoms with Crippen molar-refractivity contribution in [2.24, 2.45) is 5.41 Å². The van der Waals surface area contributed by atoms with E-state index in [0.29, 0.717) is 6.42 Å². The lowest BCUT2D eigenvalue weighted by Gasteiger charge is -2.29. The second-order valence-corrected chi connectivity index (χ2v) is 6.55. The fourth-order valence-corrected chi connectivity index (χ4v) is 2.94. The summed E-state index contributed by atoms with van der Waals surface area (Å²) in [5.41, 5.74) is 4.34. The van der Waals surface area contributed by atoms with Gasteiger partial charge in [0.05, 0.1) is 0 Å². The largest absolute Gasteiger partial charge is 0.346 e. The SMILES string of the molecule is Cc1ccc(Cn2ccc3c2CC(C)(C)CC3=O)cn1. The Labute approximate surface area is 119 Å². The van der Waals surface area contributed by atoms with Crippen LogP contribution in [-0.4, -0.2) is 15.3 Å². The third-order valence-corrected chi connectivity index (χ3v) is 3.99. The molecule has 3 nitrogen and oxygen atoms in total. The Hall–Kier alpha value is -1.90. The predicted molar refractivity (Wildman–Crippen MR) is 78.9 cm³/mol. The molecule has 0 radical (unpaired) electrons. The van der Waals surface area contributed by atoms with Gasteiger partial charge in [-0.2, -0.15) is 0 Å². The molecule has 2 heterocycles. The van der Waals surface area contributed by atoms with Gasteiger partial charge < -0.3 is 4.57 Å². The Kier molecular flexibility index (Phi) is 3.00. The van der Waals surface area contributed by atoms with Gasteiger partial charge >= 0.3 is 0 Å². The quantitative estimate of drug-likeness (QED) is 0.836. The highest BCUT2D eigenvalue weighted by atomic mass is 16.1. The zero-order chi connectivity index (χ0) is 14.3. The molecule has 3 rings (SSSR count). The normalized spacial score (nSPS) is 17.1. The van der Waals surface area contributed by atoms with E-state index in [1.807, 2.05) is 31.5 Å². The monoisotopic (exact) mass is 268 g/mol. The molecule has 0 saturated heterocycles. The molecule has 0 amide bonds. The van der Waals surface area contributed by atoms with Crippen molar-refractivity contribution in [1.82, 2.24) is 9.55 Å². The van der Waals surface area contributed by atoms with E-state index >= 15 is 0 Å². The highest BCUT2D eigenvalue weighted by molar-refractivity contribution is 5.98. The van der Waals surface area contributed by atoms with Crippen LogP contribution < -0.4 is 0 Å². The van der Waals surface area contributed by atoms with Crippen LogP contribution in [0.4, 0.5) is 0 Å². The number of carbonyl (C=O) groups excluding carboxylic acids is 1. The van der Waals surface area contributed by atoms with Gasteiger partial charge in [-0.25, -0.2) is 0 Å². The Morgan fingerprint density at radius 1 is 1.25 bits per heavy atom. The first-order valence-corrected chi connectivity index (χ1v) is 7.07. The van der Waals surface area contributed by atoms with Crippen molar-refractivity contribution in [3.8, 4) is 0 Å². The van der Waals surface area contributed by atoms with E-state index in [4.69, 9.17) is 0 Å². The maximum Gasteiger partial charge on any atom is 0.165 e. The number of Topliss-reactive ketones (excluding diaryl/α,β-unsaturated/α-hetero) is 1. The lowest BCUT2D eigenvalue weighted by atomic mass is 9.76. The summed E-state index contributed by atoms with van der Waals surface area (Å²) in [6.45, 7) is 7.10. The molecule has 0 aliphatic heterocycles. The van der Waals surface area contributed by atoms with Gasteiger partial charge in [-0.3, -0.25) is 9.78 Å². The average Bonchev–Trinajstić information content (AvgIpc) is 2.74. The number of aromatic nitrogens is 2. The predicted octanol–water partition coefficient (Wildman–Crippen LogP) is 3.39. The number of fused-ring (bicyclic) bond motifs is 1. The van der Waals surface area contributed by atoms with Gasteiger partial charge in [0.2, 0.25) is 0 Å². The van der Waals surface area contributed by atoms with Crippen molar-refractivity contribution < 1.29 is 4.79 Å². The average molecular weight is 268 g/mol. The number of hydrogen-bond donors (Lipinski definition) is 0. The molecule has 0 spiro atoms. The lowest BCUT2D eigenvalue weighted by molar-refractivity contribution is 0.0910. The van der Waals surface area contributed by atoms with Crippen molar-refractivity contribution >= 4 is 5.78 Å². The van der Waals surface area contributed by atoms with Crippen LogP contribution in [0.25, 0.3) is 0 Å². The third-order valence-electron chi connectivity index (χ3n) is 3.99. The van der Waals surface area contributed by atoms with Crippen LogP contribution >= 0.6 is 0 Å². The van der Waals surface area contributed by atoms with Gasteiger partial charge in [0, 0.05) is 42.3 Å². The Morgan fingerprint density at radius 3 is 2.75 bits per heavy atom. The second kappa shape index (κ2) is 4.58. The molecule has 0 fully saturated rings. The molecule has 0 aromatic carbocycles. The molecule has 20 heavy (non-hydrogen) atoms. The van der Waals surface area contributed by atoms with Crippen molar-refractivity contribution in [3.63, 3.8) is 0 Å². The van der Waals surface area contributed by atoms with Gasteiger partial charge in [-0.05, 0) is 36.5 Å². The molecule has 0 atom stereocenters. The number of hydrogen-bond acceptors (Lipinski definition) is 2. The first-order chi connectivity index (χ1) is 9.44. The van der Waals surface area contributed by atoms with E-state index in [0.717, 1.165) is 24.2 Å².